The molecule has 0 aliphatic heterocycles. The van der Waals surface area contributed by atoms with Crippen molar-refractivity contribution in [2.24, 2.45) is 17.1 Å². The van der Waals surface area contributed by atoms with Gasteiger partial charge in [0.25, 0.3) is 0 Å². The molecule has 0 saturated heterocycles. The summed E-state index contributed by atoms with van der Waals surface area (Å²) in [6, 6.07) is 10.9. The van der Waals surface area contributed by atoms with Crippen molar-refractivity contribution in [2.75, 3.05) is 6.54 Å². The van der Waals surface area contributed by atoms with Gasteiger partial charge in [0.05, 0.1) is 5.69 Å². The molecule has 4 N–H and O–H groups in total. The largest absolute Gasteiger partial charge is 0.330 e. The number of rotatable bonds is 6. The fourth-order valence-electron chi connectivity index (χ4n) is 4.75. The zero-order valence-electron chi connectivity index (χ0n) is 16.2. The Morgan fingerprint density at radius 3 is 2.71 bits per heavy atom. The minimum atomic E-state index is 0.185. The highest BCUT2D eigenvalue weighted by Crippen LogP contribution is 2.46. The van der Waals surface area contributed by atoms with Gasteiger partial charge in [-0.15, -0.1) is 0 Å². The van der Waals surface area contributed by atoms with E-state index in [2.05, 4.69) is 51.9 Å². The van der Waals surface area contributed by atoms with Crippen LogP contribution in [0.4, 0.5) is 0 Å². The van der Waals surface area contributed by atoms with Gasteiger partial charge in [-0.3, -0.25) is 5.10 Å². The van der Waals surface area contributed by atoms with Crippen LogP contribution in [-0.2, 0) is 6.54 Å². The van der Waals surface area contributed by atoms with Crippen LogP contribution in [0.15, 0.2) is 59.8 Å². The molecule has 28 heavy (non-hydrogen) atoms. The Morgan fingerprint density at radius 1 is 1.21 bits per heavy atom. The van der Waals surface area contributed by atoms with Gasteiger partial charge in [0.1, 0.15) is 0 Å². The molecule has 1 aromatic heterocycles. The van der Waals surface area contributed by atoms with E-state index in [4.69, 9.17) is 17.3 Å². The first-order chi connectivity index (χ1) is 13.7. The average Bonchev–Trinajstić information content (AvgIpc) is 3.22. The summed E-state index contributed by atoms with van der Waals surface area (Å²) in [6.07, 6.45) is 13.9. The number of H-pyrrole nitrogens is 1. The third-order valence-electron chi connectivity index (χ3n) is 6.57. The zero-order chi connectivity index (χ0) is 19.4. The number of allylic oxidation sites excluding steroid dienone is 4. The van der Waals surface area contributed by atoms with Crippen molar-refractivity contribution < 1.29 is 0 Å². The zero-order valence-corrected chi connectivity index (χ0v) is 17.0. The van der Waals surface area contributed by atoms with Gasteiger partial charge in [-0.25, -0.2) is 0 Å². The van der Waals surface area contributed by atoms with Crippen LogP contribution >= 0.6 is 11.6 Å². The Hall–Kier alpha value is -1.88. The van der Waals surface area contributed by atoms with E-state index < -0.39 is 0 Å². The van der Waals surface area contributed by atoms with Crippen molar-refractivity contribution >= 4 is 11.6 Å². The first-order valence-corrected chi connectivity index (χ1v) is 10.6. The molecule has 0 radical (unpaired) electrons. The highest BCUT2D eigenvalue weighted by Gasteiger charge is 2.40. The monoisotopic (exact) mass is 396 g/mol. The van der Waals surface area contributed by atoms with Gasteiger partial charge in [0.15, 0.2) is 0 Å². The number of aromatic amines is 1. The van der Waals surface area contributed by atoms with Crippen LogP contribution < -0.4 is 11.1 Å². The molecule has 0 amide bonds. The maximum absolute atomic E-state index is 6.30. The molecule has 2 aliphatic carbocycles. The Morgan fingerprint density at radius 2 is 2.00 bits per heavy atom. The summed E-state index contributed by atoms with van der Waals surface area (Å²) in [5, 5.41) is 12.2. The molecule has 2 aromatic rings. The van der Waals surface area contributed by atoms with Gasteiger partial charge in [0, 0.05) is 29.4 Å². The number of nitrogens with zero attached hydrogens (tertiary/aromatic N) is 1. The number of aromatic nitrogens is 2. The van der Waals surface area contributed by atoms with E-state index in [9.17, 15) is 0 Å². The highest BCUT2D eigenvalue weighted by atomic mass is 35.5. The quantitative estimate of drug-likeness (QED) is 0.659. The second kappa shape index (κ2) is 8.64. The first kappa shape index (κ1) is 19.4. The molecule has 0 spiro atoms. The van der Waals surface area contributed by atoms with E-state index in [0.717, 1.165) is 55.9 Å². The van der Waals surface area contributed by atoms with Crippen LogP contribution in [0.25, 0.3) is 11.1 Å². The molecule has 2 aliphatic rings. The van der Waals surface area contributed by atoms with Crippen molar-refractivity contribution in [2.45, 2.75) is 44.7 Å². The molecule has 1 fully saturated rings. The summed E-state index contributed by atoms with van der Waals surface area (Å²) in [4.78, 5) is 0. The van der Waals surface area contributed by atoms with Gasteiger partial charge in [-0.2, -0.15) is 5.10 Å². The topological polar surface area (TPSA) is 66.7 Å². The number of hydrogen-bond acceptors (Lipinski definition) is 3. The summed E-state index contributed by atoms with van der Waals surface area (Å²) >= 11 is 6.30. The third kappa shape index (κ3) is 4.09. The number of nitrogens with two attached hydrogens (primary N) is 1. The van der Waals surface area contributed by atoms with Gasteiger partial charge in [0.2, 0.25) is 0 Å². The normalized spacial score (nSPS) is 27.6. The van der Waals surface area contributed by atoms with Crippen molar-refractivity contribution in [1.82, 2.24) is 15.5 Å². The molecule has 1 saturated carbocycles. The summed E-state index contributed by atoms with van der Waals surface area (Å²) in [5.41, 5.74) is 9.90. The predicted molar refractivity (Wildman–Crippen MR) is 116 cm³/mol. The summed E-state index contributed by atoms with van der Waals surface area (Å²) in [7, 11) is 0. The number of hydrogen-bond donors (Lipinski definition) is 3. The van der Waals surface area contributed by atoms with Crippen molar-refractivity contribution in [3.05, 3.63) is 65.5 Å². The maximum atomic E-state index is 6.30. The summed E-state index contributed by atoms with van der Waals surface area (Å²) in [5.74, 6) is 0.465. The average molecular weight is 397 g/mol. The lowest BCUT2D eigenvalue weighted by Gasteiger charge is -2.45. The molecule has 5 heteroatoms. The number of nitrogens with one attached hydrogen (secondary N) is 2. The lowest BCUT2D eigenvalue weighted by atomic mass is 9.63. The smallest absolute Gasteiger partial charge is 0.0838 e. The number of benzene rings is 1. The molecule has 4 nitrogen and oxygen atoms in total. The minimum Gasteiger partial charge on any atom is -0.330 e. The Kier molecular flexibility index (Phi) is 6.00. The molecule has 0 bridgehead atoms. The van der Waals surface area contributed by atoms with Gasteiger partial charge < -0.3 is 11.1 Å². The fraction of sp³-hybridized carbons (Fsp3) is 0.435. The second-order valence-corrected chi connectivity index (χ2v) is 8.63. The minimum absolute atomic E-state index is 0.185. The highest BCUT2D eigenvalue weighted by molar-refractivity contribution is 6.29. The fourth-order valence-corrected chi connectivity index (χ4v) is 4.98. The molecular formula is C23H29ClN4. The van der Waals surface area contributed by atoms with Crippen LogP contribution in [0.5, 0.6) is 0 Å². The molecular weight excluding hydrogens is 368 g/mol. The lowest BCUT2D eigenvalue weighted by molar-refractivity contribution is 0.115. The molecule has 1 aromatic carbocycles. The van der Waals surface area contributed by atoms with Crippen LogP contribution in [0, 0.1) is 11.3 Å². The van der Waals surface area contributed by atoms with Crippen LogP contribution in [0.3, 0.4) is 0 Å². The van der Waals surface area contributed by atoms with E-state index in [0.29, 0.717) is 12.0 Å². The van der Waals surface area contributed by atoms with Gasteiger partial charge in [-0.1, -0.05) is 54.1 Å². The summed E-state index contributed by atoms with van der Waals surface area (Å²) < 4.78 is 0. The second-order valence-electron chi connectivity index (χ2n) is 8.14. The third-order valence-corrected chi connectivity index (χ3v) is 6.85. The Labute approximate surface area is 172 Å². The van der Waals surface area contributed by atoms with Crippen molar-refractivity contribution in [3.8, 4) is 11.1 Å². The van der Waals surface area contributed by atoms with Gasteiger partial charge >= 0.3 is 0 Å². The Bertz CT molecular complexity index is 831. The molecule has 4 rings (SSSR count). The number of halogens is 1. The summed E-state index contributed by atoms with van der Waals surface area (Å²) in [6.45, 7) is 1.52. The van der Waals surface area contributed by atoms with Crippen LogP contribution in [0.1, 0.15) is 37.8 Å². The van der Waals surface area contributed by atoms with Gasteiger partial charge in [-0.05, 0) is 61.6 Å². The molecule has 1 unspecified atom stereocenters. The van der Waals surface area contributed by atoms with Crippen molar-refractivity contribution in [1.29, 1.82) is 0 Å². The van der Waals surface area contributed by atoms with Crippen molar-refractivity contribution in [3.63, 3.8) is 0 Å². The lowest BCUT2D eigenvalue weighted by Crippen LogP contribution is -2.45. The van der Waals surface area contributed by atoms with E-state index in [-0.39, 0.29) is 5.41 Å². The van der Waals surface area contributed by atoms with E-state index >= 15 is 0 Å². The van der Waals surface area contributed by atoms with E-state index in [1.54, 1.807) is 0 Å². The molecule has 148 valence electrons. The predicted octanol–water partition coefficient (Wildman–Crippen LogP) is 4.75. The maximum Gasteiger partial charge on any atom is 0.0838 e. The van der Waals surface area contributed by atoms with Crippen LogP contribution in [0.2, 0.25) is 0 Å². The molecule has 1 atom stereocenters. The van der Waals surface area contributed by atoms with E-state index in [1.807, 2.05) is 18.3 Å². The van der Waals surface area contributed by atoms with E-state index in [1.165, 1.54) is 11.1 Å². The SMILES string of the molecule is NCC1(C2C=CC=C(Cl)C2)CCC(NCc2n[nH]cc2-c2ccccc2)CC1. The first-order valence-electron chi connectivity index (χ1n) is 10.2. The van der Waals surface area contributed by atoms with Crippen LogP contribution in [-0.4, -0.2) is 22.8 Å². The molecule has 1 heterocycles. The standard InChI is InChI=1S/C23H29ClN4/c24-19-8-4-7-18(13-19)23(16-25)11-9-20(10-12-23)26-15-22-21(14-27-28-22)17-5-2-1-3-6-17/h1-8,14,18,20,26H,9-13,15-16,25H2,(H,27,28). The Balaban J connectivity index is 1.35.